The molecule has 1 aromatic rings. The molecular formula is C15H21NO2. The Kier molecular flexibility index (Phi) is 3.92. The van der Waals surface area contributed by atoms with E-state index in [1.54, 1.807) is 7.11 Å². The maximum atomic E-state index is 9.99. The normalized spacial score (nSPS) is 17.6. The number of benzene rings is 1. The number of aryl methyl sites for hydroxylation is 1. The number of ether oxygens (including phenoxy) is 1. The second kappa shape index (κ2) is 5.44. The SMILES string of the molecule is C=C(CCCc1cc2c(cc1O)CC(N)C2)OC. The number of rotatable bonds is 5. The molecule has 0 saturated heterocycles. The van der Waals surface area contributed by atoms with Gasteiger partial charge in [0.2, 0.25) is 0 Å². The summed E-state index contributed by atoms with van der Waals surface area (Å²) in [7, 11) is 1.64. The Labute approximate surface area is 108 Å². The maximum Gasteiger partial charge on any atom is 0.119 e. The highest BCUT2D eigenvalue weighted by Gasteiger charge is 2.20. The van der Waals surface area contributed by atoms with E-state index >= 15 is 0 Å². The van der Waals surface area contributed by atoms with Crippen LogP contribution in [-0.4, -0.2) is 18.3 Å². The Bertz CT molecular complexity index is 454. The first kappa shape index (κ1) is 13.0. The van der Waals surface area contributed by atoms with E-state index in [0.717, 1.165) is 43.4 Å². The predicted molar refractivity (Wildman–Crippen MR) is 72.6 cm³/mol. The molecule has 0 bridgehead atoms. The van der Waals surface area contributed by atoms with Gasteiger partial charge in [0, 0.05) is 12.5 Å². The molecule has 0 amide bonds. The lowest BCUT2D eigenvalue weighted by molar-refractivity contribution is 0.277. The van der Waals surface area contributed by atoms with E-state index in [-0.39, 0.29) is 6.04 Å². The molecule has 0 radical (unpaired) electrons. The fourth-order valence-corrected chi connectivity index (χ4v) is 2.52. The third kappa shape index (κ3) is 2.85. The van der Waals surface area contributed by atoms with Gasteiger partial charge in [-0.2, -0.15) is 0 Å². The van der Waals surface area contributed by atoms with Gasteiger partial charge in [-0.25, -0.2) is 0 Å². The highest BCUT2D eigenvalue weighted by Crippen LogP contribution is 2.29. The van der Waals surface area contributed by atoms with Crippen LogP contribution < -0.4 is 5.73 Å². The zero-order chi connectivity index (χ0) is 13.1. The lowest BCUT2D eigenvalue weighted by Crippen LogP contribution is -2.18. The number of hydrogen-bond donors (Lipinski definition) is 2. The summed E-state index contributed by atoms with van der Waals surface area (Å²) in [6.45, 7) is 3.79. The second-order valence-corrected chi connectivity index (χ2v) is 5.01. The summed E-state index contributed by atoms with van der Waals surface area (Å²) < 4.78 is 5.03. The Balaban J connectivity index is 2.01. The number of fused-ring (bicyclic) bond motifs is 1. The van der Waals surface area contributed by atoms with Crippen molar-refractivity contribution in [2.75, 3.05) is 7.11 Å². The molecule has 0 spiro atoms. The molecule has 18 heavy (non-hydrogen) atoms. The van der Waals surface area contributed by atoms with Gasteiger partial charge >= 0.3 is 0 Å². The van der Waals surface area contributed by atoms with Crippen LogP contribution in [0.2, 0.25) is 0 Å². The van der Waals surface area contributed by atoms with Gasteiger partial charge in [-0.1, -0.05) is 12.6 Å². The summed E-state index contributed by atoms with van der Waals surface area (Å²) in [6, 6.07) is 4.19. The number of allylic oxidation sites excluding steroid dienone is 1. The largest absolute Gasteiger partial charge is 0.508 e. The minimum atomic E-state index is 0.211. The summed E-state index contributed by atoms with van der Waals surface area (Å²) in [5, 5.41) is 9.99. The molecular weight excluding hydrogens is 226 g/mol. The average Bonchev–Trinajstić information content (AvgIpc) is 2.68. The van der Waals surface area contributed by atoms with Gasteiger partial charge in [0.25, 0.3) is 0 Å². The van der Waals surface area contributed by atoms with Crippen LogP contribution in [0.5, 0.6) is 5.75 Å². The Morgan fingerprint density at radius 3 is 2.78 bits per heavy atom. The number of aromatic hydroxyl groups is 1. The summed E-state index contributed by atoms with van der Waals surface area (Å²) in [4.78, 5) is 0. The van der Waals surface area contributed by atoms with E-state index in [1.807, 2.05) is 6.07 Å². The molecule has 1 aliphatic carbocycles. The van der Waals surface area contributed by atoms with E-state index in [4.69, 9.17) is 10.5 Å². The summed E-state index contributed by atoms with van der Waals surface area (Å²) in [6.07, 6.45) is 4.41. The molecule has 1 unspecified atom stereocenters. The highest BCUT2D eigenvalue weighted by molar-refractivity contribution is 5.45. The molecule has 3 heteroatoms. The van der Waals surface area contributed by atoms with Crippen LogP contribution in [0.1, 0.15) is 29.5 Å². The monoisotopic (exact) mass is 247 g/mol. The summed E-state index contributed by atoms with van der Waals surface area (Å²) in [5.41, 5.74) is 9.43. The lowest BCUT2D eigenvalue weighted by atomic mass is 10.0. The molecule has 0 aromatic heterocycles. The van der Waals surface area contributed by atoms with Crippen LogP contribution in [0, 0.1) is 0 Å². The van der Waals surface area contributed by atoms with E-state index in [9.17, 15) is 5.11 Å². The zero-order valence-corrected chi connectivity index (χ0v) is 10.9. The van der Waals surface area contributed by atoms with Crippen molar-refractivity contribution in [1.82, 2.24) is 0 Å². The van der Waals surface area contributed by atoms with Gasteiger partial charge in [0.15, 0.2) is 0 Å². The topological polar surface area (TPSA) is 55.5 Å². The number of methoxy groups -OCH3 is 1. The number of hydrogen-bond acceptors (Lipinski definition) is 3. The summed E-state index contributed by atoms with van der Waals surface area (Å²) in [5.74, 6) is 1.18. The van der Waals surface area contributed by atoms with Gasteiger partial charge in [0.05, 0.1) is 12.9 Å². The van der Waals surface area contributed by atoms with Crippen molar-refractivity contribution in [1.29, 1.82) is 0 Å². The van der Waals surface area contributed by atoms with Gasteiger partial charge in [-0.3, -0.25) is 0 Å². The Morgan fingerprint density at radius 2 is 2.11 bits per heavy atom. The fourth-order valence-electron chi connectivity index (χ4n) is 2.52. The third-order valence-corrected chi connectivity index (χ3v) is 3.56. The van der Waals surface area contributed by atoms with Crippen LogP contribution in [-0.2, 0) is 24.0 Å². The fraction of sp³-hybridized carbons (Fsp3) is 0.467. The van der Waals surface area contributed by atoms with Crippen molar-refractivity contribution in [3.8, 4) is 5.75 Å². The molecule has 3 nitrogen and oxygen atoms in total. The Morgan fingerprint density at radius 1 is 1.44 bits per heavy atom. The van der Waals surface area contributed by atoms with E-state index < -0.39 is 0 Å². The Hall–Kier alpha value is -1.48. The molecule has 1 atom stereocenters. The van der Waals surface area contributed by atoms with Crippen molar-refractivity contribution in [2.24, 2.45) is 5.73 Å². The van der Waals surface area contributed by atoms with E-state index in [2.05, 4.69) is 12.6 Å². The standard InChI is InChI=1S/C15H21NO2/c1-10(18-2)4-3-5-11-6-12-7-14(16)8-13(12)9-15(11)17/h6,9,14,17H,1,3-5,7-8,16H2,2H3. The minimum absolute atomic E-state index is 0.211. The molecule has 1 aromatic carbocycles. The lowest BCUT2D eigenvalue weighted by Gasteiger charge is -2.08. The molecule has 0 aliphatic heterocycles. The molecule has 98 valence electrons. The maximum absolute atomic E-state index is 9.99. The predicted octanol–water partition coefficient (Wildman–Crippen LogP) is 2.30. The minimum Gasteiger partial charge on any atom is -0.508 e. The van der Waals surface area contributed by atoms with Crippen molar-refractivity contribution < 1.29 is 9.84 Å². The van der Waals surface area contributed by atoms with Crippen LogP contribution in [0.25, 0.3) is 0 Å². The van der Waals surface area contributed by atoms with Crippen molar-refractivity contribution in [3.63, 3.8) is 0 Å². The first-order valence-electron chi connectivity index (χ1n) is 6.41. The number of nitrogens with two attached hydrogens (primary N) is 1. The van der Waals surface area contributed by atoms with Gasteiger partial charge in [-0.15, -0.1) is 0 Å². The summed E-state index contributed by atoms with van der Waals surface area (Å²) >= 11 is 0. The molecule has 0 heterocycles. The van der Waals surface area contributed by atoms with Crippen LogP contribution >= 0.6 is 0 Å². The molecule has 1 aliphatic rings. The first-order chi connectivity index (χ1) is 8.60. The van der Waals surface area contributed by atoms with Gasteiger partial charge < -0.3 is 15.6 Å². The van der Waals surface area contributed by atoms with Gasteiger partial charge in [0.1, 0.15) is 5.75 Å². The molecule has 2 rings (SSSR count). The quantitative estimate of drug-likeness (QED) is 0.785. The van der Waals surface area contributed by atoms with Crippen LogP contribution in [0.4, 0.5) is 0 Å². The number of phenolic OH excluding ortho intramolecular Hbond substituents is 1. The average molecular weight is 247 g/mol. The van der Waals surface area contributed by atoms with Crippen LogP contribution in [0.15, 0.2) is 24.5 Å². The molecule has 3 N–H and O–H groups in total. The van der Waals surface area contributed by atoms with Crippen molar-refractivity contribution in [2.45, 2.75) is 38.1 Å². The van der Waals surface area contributed by atoms with Gasteiger partial charge in [-0.05, 0) is 48.4 Å². The molecule has 0 saturated carbocycles. The van der Waals surface area contributed by atoms with Crippen molar-refractivity contribution in [3.05, 3.63) is 41.2 Å². The zero-order valence-electron chi connectivity index (χ0n) is 10.9. The number of phenols is 1. The van der Waals surface area contributed by atoms with E-state index in [1.165, 1.54) is 11.1 Å². The highest BCUT2D eigenvalue weighted by atomic mass is 16.5. The first-order valence-corrected chi connectivity index (χ1v) is 6.41. The van der Waals surface area contributed by atoms with Crippen LogP contribution in [0.3, 0.4) is 0 Å². The second-order valence-electron chi connectivity index (χ2n) is 5.01. The molecule has 0 fully saturated rings. The third-order valence-electron chi connectivity index (χ3n) is 3.56. The van der Waals surface area contributed by atoms with Crippen molar-refractivity contribution >= 4 is 0 Å². The smallest absolute Gasteiger partial charge is 0.119 e. The van der Waals surface area contributed by atoms with E-state index in [0.29, 0.717) is 5.75 Å².